The van der Waals surface area contributed by atoms with Crippen molar-refractivity contribution in [1.82, 2.24) is 15.0 Å². The number of furan rings is 1. The van der Waals surface area contributed by atoms with Crippen molar-refractivity contribution in [3.63, 3.8) is 0 Å². The number of oxazole rings is 1. The normalized spacial score (nSPS) is 11.8. The van der Waals surface area contributed by atoms with Gasteiger partial charge in [0.1, 0.15) is 16.7 Å². The molecule has 5 nitrogen and oxygen atoms in total. The first-order chi connectivity index (χ1) is 23.7. The fourth-order valence-electron chi connectivity index (χ4n) is 6.75. The van der Waals surface area contributed by atoms with Gasteiger partial charge in [-0.2, -0.15) is 0 Å². The van der Waals surface area contributed by atoms with E-state index in [-0.39, 0.29) is 0 Å². The van der Waals surface area contributed by atoms with Crippen molar-refractivity contribution in [2.75, 3.05) is 0 Å². The number of aromatic nitrogens is 3. The Hall–Kier alpha value is -6.59. The van der Waals surface area contributed by atoms with Crippen molar-refractivity contribution in [3.05, 3.63) is 152 Å². The summed E-state index contributed by atoms with van der Waals surface area (Å²) in [7, 11) is 0. The number of rotatable bonds is 4. The van der Waals surface area contributed by atoms with Gasteiger partial charge in [-0.1, -0.05) is 103 Å². The lowest BCUT2D eigenvalue weighted by Crippen LogP contribution is -1.96. The molecule has 10 aromatic rings. The van der Waals surface area contributed by atoms with Crippen molar-refractivity contribution in [1.29, 1.82) is 0 Å². The maximum atomic E-state index is 6.43. The third kappa shape index (κ3) is 4.29. The Balaban J connectivity index is 1.12. The Bertz CT molecular complexity index is 2760. The second-order valence-corrected chi connectivity index (χ2v) is 12.0. The Morgan fingerprint density at radius 3 is 1.69 bits per heavy atom. The van der Waals surface area contributed by atoms with E-state index in [1.807, 2.05) is 78.9 Å². The molecule has 3 aromatic heterocycles. The number of benzene rings is 7. The molecule has 0 N–H and O–H groups in total. The molecule has 0 atom stereocenters. The van der Waals surface area contributed by atoms with Crippen LogP contribution in [0.25, 0.3) is 99.9 Å². The van der Waals surface area contributed by atoms with Crippen LogP contribution in [0.4, 0.5) is 0 Å². The molecule has 0 radical (unpaired) electrons. The highest BCUT2D eigenvalue weighted by Gasteiger charge is 2.18. The minimum Gasteiger partial charge on any atom is -0.456 e. The van der Waals surface area contributed by atoms with E-state index in [1.165, 1.54) is 0 Å². The molecule has 5 heteroatoms. The molecule has 10 rings (SSSR count). The Kier molecular flexibility index (Phi) is 5.81. The van der Waals surface area contributed by atoms with E-state index >= 15 is 0 Å². The molecule has 0 saturated carbocycles. The van der Waals surface area contributed by atoms with Crippen LogP contribution in [0.5, 0.6) is 0 Å². The van der Waals surface area contributed by atoms with Crippen LogP contribution in [0.15, 0.2) is 160 Å². The van der Waals surface area contributed by atoms with Gasteiger partial charge in [0.2, 0.25) is 5.89 Å². The number of fused-ring (bicyclic) bond motifs is 8. The zero-order valence-electron chi connectivity index (χ0n) is 25.6. The largest absolute Gasteiger partial charge is 0.456 e. The molecule has 224 valence electrons. The van der Waals surface area contributed by atoms with Gasteiger partial charge in [-0.05, 0) is 70.1 Å². The van der Waals surface area contributed by atoms with E-state index in [2.05, 4.69) is 72.8 Å². The molecule has 3 heterocycles. The summed E-state index contributed by atoms with van der Waals surface area (Å²) in [5, 5.41) is 6.48. The molecule has 0 fully saturated rings. The SMILES string of the molecule is c1ccc(-c2cc(-c3ccccc3)nc(-c3ccc4c(ccc5cc6c(cc54)oc4ccc5oc(-c7ccccc7)nc5c46)c3)n2)cc1. The van der Waals surface area contributed by atoms with E-state index < -0.39 is 0 Å². The third-order valence-corrected chi connectivity index (χ3v) is 9.09. The minimum absolute atomic E-state index is 0.601. The molecule has 0 aliphatic rings. The number of hydrogen-bond acceptors (Lipinski definition) is 5. The quantitative estimate of drug-likeness (QED) is 0.184. The zero-order chi connectivity index (χ0) is 31.6. The smallest absolute Gasteiger partial charge is 0.227 e. The van der Waals surface area contributed by atoms with Crippen LogP contribution in [0, 0.1) is 0 Å². The van der Waals surface area contributed by atoms with Crippen LogP contribution in [0.2, 0.25) is 0 Å². The van der Waals surface area contributed by atoms with Crippen LogP contribution in [-0.2, 0) is 0 Å². The summed E-state index contributed by atoms with van der Waals surface area (Å²) in [4.78, 5) is 15.0. The van der Waals surface area contributed by atoms with Crippen molar-refractivity contribution in [3.8, 4) is 45.4 Å². The van der Waals surface area contributed by atoms with Crippen LogP contribution in [-0.4, -0.2) is 15.0 Å². The van der Waals surface area contributed by atoms with Crippen LogP contribution in [0.1, 0.15) is 0 Å². The average molecular weight is 616 g/mol. The van der Waals surface area contributed by atoms with Crippen molar-refractivity contribution >= 4 is 54.6 Å². The monoisotopic (exact) mass is 615 g/mol. The van der Waals surface area contributed by atoms with Crippen molar-refractivity contribution in [2.45, 2.75) is 0 Å². The number of nitrogens with zero attached hydrogens (tertiary/aromatic N) is 3. The van der Waals surface area contributed by atoms with Gasteiger partial charge in [0.25, 0.3) is 0 Å². The summed E-state index contributed by atoms with van der Waals surface area (Å²) in [6, 6.07) is 51.7. The maximum absolute atomic E-state index is 6.43. The fraction of sp³-hybridized carbons (Fsp3) is 0. The first kappa shape index (κ1) is 26.6. The van der Waals surface area contributed by atoms with Gasteiger partial charge >= 0.3 is 0 Å². The van der Waals surface area contributed by atoms with Gasteiger partial charge in [-0.25, -0.2) is 15.0 Å². The summed E-state index contributed by atoms with van der Waals surface area (Å²) in [5.74, 6) is 1.29. The average Bonchev–Trinajstić information content (AvgIpc) is 3.76. The first-order valence-electron chi connectivity index (χ1n) is 15.9. The predicted molar refractivity (Wildman–Crippen MR) is 194 cm³/mol. The van der Waals surface area contributed by atoms with Crippen LogP contribution >= 0.6 is 0 Å². The summed E-state index contributed by atoms with van der Waals surface area (Å²) in [6.07, 6.45) is 0. The molecule has 0 bridgehead atoms. The van der Waals surface area contributed by atoms with E-state index in [4.69, 9.17) is 23.8 Å². The van der Waals surface area contributed by atoms with Gasteiger partial charge in [-0.15, -0.1) is 0 Å². The van der Waals surface area contributed by atoms with Gasteiger partial charge in [-0.3, -0.25) is 0 Å². The minimum atomic E-state index is 0.601. The van der Waals surface area contributed by atoms with Gasteiger partial charge in [0.05, 0.1) is 16.8 Å². The zero-order valence-corrected chi connectivity index (χ0v) is 25.6. The first-order valence-corrected chi connectivity index (χ1v) is 15.9. The van der Waals surface area contributed by atoms with E-state index in [9.17, 15) is 0 Å². The van der Waals surface area contributed by atoms with Crippen LogP contribution in [0.3, 0.4) is 0 Å². The summed E-state index contributed by atoms with van der Waals surface area (Å²) in [6.45, 7) is 0. The molecular formula is C43H25N3O2. The van der Waals surface area contributed by atoms with Gasteiger partial charge < -0.3 is 8.83 Å². The highest BCUT2D eigenvalue weighted by molar-refractivity contribution is 6.21. The highest BCUT2D eigenvalue weighted by atomic mass is 16.4. The fourth-order valence-corrected chi connectivity index (χ4v) is 6.75. The molecule has 48 heavy (non-hydrogen) atoms. The lowest BCUT2D eigenvalue weighted by Gasteiger charge is -2.11. The van der Waals surface area contributed by atoms with E-state index in [0.717, 1.165) is 88.2 Å². The summed E-state index contributed by atoms with van der Waals surface area (Å²) < 4.78 is 12.6. The molecule has 7 aromatic carbocycles. The molecule has 0 aliphatic carbocycles. The van der Waals surface area contributed by atoms with Crippen molar-refractivity contribution in [2.24, 2.45) is 0 Å². The second-order valence-electron chi connectivity index (χ2n) is 12.0. The van der Waals surface area contributed by atoms with Gasteiger partial charge in [0, 0.05) is 27.6 Å². The highest BCUT2D eigenvalue weighted by Crippen LogP contribution is 2.40. The molecule has 0 amide bonds. The molecule has 0 saturated heterocycles. The van der Waals surface area contributed by atoms with E-state index in [0.29, 0.717) is 11.7 Å². The molecule has 0 unspecified atom stereocenters. The second kappa shape index (κ2) is 10.5. The predicted octanol–water partition coefficient (Wildman–Crippen LogP) is 11.5. The number of hydrogen-bond donors (Lipinski definition) is 0. The lowest BCUT2D eigenvalue weighted by molar-refractivity contribution is 0.619. The third-order valence-electron chi connectivity index (χ3n) is 9.09. The van der Waals surface area contributed by atoms with Crippen molar-refractivity contribution < 1.29 is 8.83 Å². The lowest BCUT2D eigenvalue weighted by atomic mass is 9.98. The van der Waals surface area contributed by atoms with Crippen LogP contribution < -0.4 is 0 Å². The summed E-state index contributed by atoms with van der Waals surface area (Å²) in [5.41, 5.74) is 8.95. The molecule has 0 spiro atoms. The Labute approximate surface area is 274 Å². The summed E-state index contributed by atoms with van der Waals surface area (Å²) >= 11 is 0. The standard InChI is InChI=1S/C43H25N3O2/c1-4-10-26(11-5-1)35-25-36(27-12-6-2-7-13-27)45-42(44-35)31-18-19-32-29(22-31)16-17-30-23-34-39(24-33(30)32)47-37-20-21-38-41(40(34)37)46-43(48-38)28-14-8-3-9-15-28/h1-25H. The maximum Gasteiger partial charge on any atom is 0.227 e. The topological polar surface area (TPSA) is 65.0 Å². The molecular weight excluding hydrogens is 590 g/mol. The van der Waals surface area contributed by atoms with Gasteiger partial charge in [0.15, 0.2) is 11.4 Å². The Morgan fingerprint density at radius 1 is 0.375 bits per heavy atom. The van der Waals surface area contributed by atoms with E-state index in [1.54, 1.807) is 0 Å². The molecule has 0 aliphatic heterocycles. The Morgan fingerprint density at radius 2 is 1.00 bits per heavy atom.